The molecule has 1 N–H and O–H groups in total. The molecule has 3 aromatic carbocycles. The molecule has 7 heteroatoms. The van der Waals surface area contributed by atoms with Crippen LogP contribution in [0.1, 0.15) is 22.3 Å². The van der Waals surface area contributed by atoms with Gasteiger partial charge in [0.25, 0.3) is 5.91 Å². The SMILES string of the molecule is CNC(=O)[C@H](Cc1ccccc1)N(Cc1ccc(F)cc1)C(=O)COc1cc(C)c(Br)c(C)c1. The Kier molecular flexibility index (Phi) is 8.82. The number of hydrogen-bond donors (Lipinski definition) is 1. The summed E-state index contributed by atoms with van der Waals surface area (Å²) in [5, 5.41) is 2.67. The van der Waals surface area contributed by atoms with Crippen LogP contribution in [0.3, 0.4) is 0 Å². The molecule has 0 bridgehead atoms. The summed E-state index contributed by atoms with van der Waals surface area (Å²) < 4.78 is 20.3. The topological polar surface area (TPSA) is 58.6 Å². The Morgan fingerprint density at radius 1 is 1.00 bits per heavy atom. The van der Waals surface area contributed by atoms with E-state index in [-0.39, 0.29) is 30.8 Å². The Hall–Kier alpha value is -3.19. The molecule has 0 saturated carbocycles. The predicted octanol–water partition coefficient (Wildman–Crippen LogP) is 4.97. The highest BCUT2D eigenvalue weighted by molar-refractivity contribution is 9.10. The summed E-state index contributed by atoms with van der Waals surface area (Å²) >= 11 is 3.53. The molecule has 0 radical (unpaired) electrons. The van der Waals surface area contributed by atoms with Gasteiger partial charge in [-0.3, -0.25) is 9.59 Å². The average Bonchev–Trinajstić information content (AvgIpc) is 2.84. The first-order valence-electron chi connectivity index (χ1n) is 11.0. The molecule has 5 nitrogen and oxygen atoms in total. The maximum atomic E-state index is 13.4. The first-order chi connectivity index (χ1) is 16.3. The van der Waals surface area contributed by atoms with Crippen molar-refractivity contribution in [2.75, 3.05) is 13.7 Å². The number of carbonyl (C=O) groups is 2. The Morgan fingerprint density at radius 3 is 2.21 bits per heavy atom. The van der Waals surface area contributed by atoms with Crippen molar-refractivity contribution in [2.24, 2.45) is 0 Å². The smallest absolute Gasteiger partial charge is 0.261 e. The zero-order chi connectivity index (χ0) is 24.7. The van der Waals surface area contributed by atoms with Gasteiger partial charge in [0.1, 0.15) is 17.6 Å². The lowest BCUT2D eigenvalue weighted by Crippen LogP contribution is -2.51. The number of halogens is 2. The van der Waals surface area contributed by atoms with Gasteiger partial charge >= 0.3 is 0 Å². The fourth-order valence-electron chi connectivity index (χ4n) is 3.72. The number of rotatable bonds is 9. The summed E-state index contributed by atoms with van der Waals surface area (Å²) in [6.45, 7) is 3.82. The summed E-state index contributed by atoms with van der Waals surface area (Å²) in [6.07, 6.45) is 0.337. The molecule has 0 fully saturated rings. The summed E-state index contributed by atoms with van der Waals surface area (Å²) in [5.74, 6) is -0.410. The highest BCUT2D eigenvalue weighted by Gasteiger charge is 2.30. The minimum absolute atomic E-state index is 0.145. The van der Waals surface area contributed by atoms with Gasteiger partial charge in [0.15, 0.2) is 6.61 Å². The Morgan fingerprint density at radius 2 is 1.62 bits per heavy atom. The van der Waals surface area contributed by atoms with Gasteiger partial charge in [-0.25, -0.2) is 4.39 Å². The Balaban J connectivity index is 1.88. The maximum absolute atomic E-state index is 13.4. The monoisotopic (exact) mass is 526 g/mol. The molecule has 34 heavy (non-hydrogen) atoms. The molecule has 3 rings (SSSR count). The van der Waals surface area contributed by atoms with Crippen molar-refractivity contribution in [1.29, 1.82) is 0 Å². The number of amides is 2. The molecule has 0 saturated heterocycles. The number of ether oxygens (including phenoxy) is 1. The van der Waals surface area contributed by atoms with Gasteiger partial charge in [-0.1, -0.05) is 58.4 Å². The number of benzene rings is 3. The fraction of sp³-hybridized carbons (Fsp3) is 0.259. The van der Waals surface area contributed by atoms with Crippen molar-refractivity contribution in [2.45, 2.75) is 32.9 Å². The van der Waals surface area contributed by atoms with Crippen LogP contribution in [0.4, 0.5) is 4.39 Å². The fourth-order valence-corrected chi connectivity index (χ4v) is 3.95. The molecule has 0 heterocycles. The van der Waals surface area contributed by atoms with Gasteiger partial charge in [0.05, 0.1) is 0 Å². The van der Waals surface area contributed by atoms with E-state index in [4.69, 9.17) is 4.74 Å². The van der Waals surface area contributed by atoms with Crippen LogP contribution in [0, 0.1) is 19.7 Å². The molecule has 178 valence electrons. The largest absolute Gasteiger partial charge is 0.484 e. The summed E-state index contributed by atoms with van der Waals surface area (Å²) in [6, 6.07) is 18.4. The highest BCUT2D eigenvalue weighted by Crippen LogP contribution is 2.26. The van der Waals surface area contributed by atoms with Crippen molar-refractivity contribution in [3.63, 3.8) is 0 Å². The first-order valence-corrected chi connectivity index (χ1v) is 11.8. The number of nitrogens with one attached hydrogen (secondary N) is 1. The van der Waals surface area contributed by atoms with Crippen molar-refractivity contribution < 1.29 is 18.7 Å². The van der Waals surface area contributed by atoms with Crippen LogP contribution in [0.2, 0.25) is 0 Å². The van der Waals surface area contributed by atoms with E-state index in [2.05, 4.69) is 21.2 Å². The van der Waals surface area contributed by atoms with E-state index in [1.807, 2.05) is 56.3 Å². The van der Waals surface area contributed by atoms with E-state index in [0.29, 0.717) is 17.7 Å². The minimum Gasteiger partial charge on any atom is -0.484 e. The molecular formula is C27H28BrFN2O3. The normalized spacial score (nSPS) is 11.6. The van der Waals surface area contributed by atoms with E-state index in [1.165, 1.54) is 17.0 Å². The second kappa shape index (κ2) is 11.8. The van der Waals surface area contributed by atoms with Crippen LogP contribution in [0.5, 0.6) is 5.75 Å². The molecule has 0 aliphatic heterocycles. The molecular weight excluding hydrogens is 499 g/mol. The van der Waals surface area contributed by atoms with Gasteiger partial charge in [-0.15, -0.1) is 0 Å². The Bertz CT molecular complexity index is 1110. The third kappa shape index (κ3) is 6.67. The molecule has 0 spiro atoms. The maximum Gasteiger partial charge on any atom is 0.261 e. The van der Waals surface area contributed by atoms with Gasteiger partial charge in [-0.2, -0.15) is 0 Å². The van der Waals surface area contributed by atoms with Crippen LogP contribution in [-0.2, 0) is 22.6 Å². The molecule has 2 amide bonds. The van der Waals surface area contributed by atoms with E-state index in [0.717, 1.165) is 21.2 Å². The molecule has 3 aromatic rings. The van der Waals surface area contributed by atoms with Crippen LogP contribution in [-0.4, -0.2) is 36.4 Å². The van der Waals surface area contributed by atoms with Crippen LogP contribution < -0.4 is 10.1 Å². The average molecular weight is 527 g/mol. The van der Waals surface area contributed by atoms with Gasteiger partial charge in [-0.05, 0) is 60.4 Å². The standard InChI is InChI=1S/C27H28BrFN2O3/c1-18-13-23(14-19(2)26(18)28)34-17-25(32)31(16-21-9-11-22(29)12-10-21)24(27(33)30-3)15-20-7-5-4-6-8-20/h4-14,24H,15-17H2,1-3H3,(H,30,33)/t24-/m0/s1. The molecule has 1 atom stereocenters. The molecule has 0 unspecified atom stereocenters. The summed E-state index contributed by atoms with van der Waals surface area (Å²) in [7, 11) is 1.55. The first kappa shape index (κ1) is 25.4. The van der Waals surface area contributed by atoms with E-state index < -0.39 is 6.04 Å². The van der Waals surface area contributed by atoms with Crippen LogP contribution in [0.15, 0.2) is 71.2 Å². The van der Waals surface area contributed by atoms with Crippen LogP contribution in [0.25, 0.3) is 0 Å². The van der Waals surface area contributed by atoms with Crippen molar-refractivity contribution in [3.8, 4) is 5.75 Å². The number of hydrogen-bond acceptors (Lipinski definition) is 3. The van der Waals surface area contributed by atoms with Crippen molar-refractivity contribution in [3.05, 3.63) is 99.3 Å². The number of aryl methyl sites for hydroxylation is 2. The zero-order valence-electron chi connectivity index (χ0n) is 19.5. The highest BCUT2D eigenvalue weighted by atomic mass is 79.9. The van der Waals surface area contributed by atoms with Crippen molar-refractivity contribution >= 4 is 27.7 Å². The van der Waals surface area contributed by atoms with Gasteiger partial charge in [0, 0.05) is 24.5 Å². The minimum atomic E-state index is -0.762. The van der Waals surface area contributed by atoms with Crippen molar-refractivity contribution in [1.82, 2.24) is 10.2 Å². The summed E-state index contributed by atoms with van der Waals surface area (Å²) in [4.78, 5) is 27.8. The number of carbonyl (C=O) groups excluding carboxylic acids is 2. The Labute approximate surface area is 208 Å². The number of likely N-dealkylation sites (N-methyl/N-ethyl adjacent to an activating group) is 1. The quantitative estimate of drug-likeness (QED) is 0.428. The second-order valence-corrected chi connectivity index (χ2v) is 8.92. The molecule has 0 aromatic heterocycles. The lowest BCUT2D eigenvalue weighted by atomic mass is 10.0. The van der Waals surface area contributed by atoms with E-state index in [1.54, 1.807) is 19.2 Å². The predicted molar refractivity (Wildman–Crippen MR) is 134 cm³/mol. The zero-order valence-corrected chi connectivity index (χ0v) is 21.1. The third-order valence-electron chi connectivity index (χ3n) is 5.56. The van der Waals surface area contributed by atoms with Gasteiger partial charge < -0.3 is 15.0 Å². The lowest BCUT2D eigenvalue weighted by molar-refractivity contribution is -0.142. The molecule has 0 aliphatic rings. The van der Waals surface area contributed by atoms with E-state index >= 15 is 0 Å². The van der Waals surface area contributed by atoms with Gasteiger partial charge in [0.2, 0.25) is 5.91 Å². The van der Waals surface area contributed by atoms with Crippen LogP contribution >= 0.6 is 15.9 Å². The lowest BCUT2D eigenvalue weighted by Gasteiger charge is -2.31. The second-order valence-electron chi connectivity index (χ2n) is 8.13. The number of nitrogens with zero attached hydrogens (tertiary/aromatic N) is 1. The summed E-state index contributed by atoms with van der Waals surface area (Å²) in [5.41, 5.74) is 3.64. The third-order valence-corrected chi connectivity index (χ3v) is 6.81. The molecule has 0 aliphatic carbocycles. The van der Waals surface area contributed by atoms with E-state index in [9.17, 15) is 14.0 Å².